The summed E-state index contributed by atoms with van der Waals surface area (Å²) in [6.07, 6.45) is 42.1. The van der Waals surface area contributed by atoms with Crippen LogP contribution in [0.4, 0.5) is 0 Å². The summed E-state index contributed by atoms with van der Waals surface area (Å²) in [7, 11) is 0. The van der Waals surface area contributed by atoms with Crippen LogP contribution in [0.3, 0.4) is 0 Å². The van der Waals surface area contributed by atoms with Gasteiger partial charge in [-0.15, -0.1) is 0 Å². The first kappa shape index (κ1) is 39.0. The number of halogens is 1. The molecule has 0 aromatic carbocycles. The standard InChI is InChI=1S/C37H74ClN/c1-5-7-9-11-13-15-17-19-21-23-25-27-29-32-36(3)39(35-31-34-38)37(4)33-30-28-26-24-22-20-18-16-14-12-10-8-6-2/h31,34,36-37H,5-30,32-33,35H2,1-4H3/b34-31+. The Bertz CT molecular complexity index is 440. The molecule has 0 spiro atoms. The van der Waals surface area contributed by atoms with Crippen molar-refractivity contribution in [2.45, 2.75) is 220 Å². The number of hydrogen-bond donors (Lipinski definition) is 0. The minimum Gasteiger partial charge on any atom is -0.294 e. The fourth-order valence-electron chi connectivity index (χ4n) is 6.20. The Balaban J connectivity index is 3.79. The van der Waals surface area contributed by atoms with E-state index in [1.165, 1.54) is 180 Å². The van der Waals surface area contributed by atoms with Gasteiger partial charge in [0.2, 0.25) is 0 Å². The van der Waals surface area contributed by atoms with Crippen molar-refractivity contribution < 1.29 is 0 Å². The Morgan fingerprint density at radius 2 is 0.692 bits per heavy atom. The number of unbranched alkanes of at least 4 members (excludes halogenated alkanes) is 24. The molecule has 0 rings (SSSR count). The highest BCUT2D eigenvalue weighted by molar-refractivity contribution is 6.25. The van der Waals surface area contributed by atoms with Gasteiger partial charge in [0.25, 0.3) is 0 Å². The molecule has 2 unspecified atom stereocenters. The first-order valence-corrected chi connectivity index (χ1v) is 18.6. The summed E-state index contributed by atoms with van der Waals surface area (Å²) in [5, 5.41) is 0. The van der Waals surface area contributed by atoms with Gasteiger partial charge in [-0.3, -0.25) is 4.90 Å². The van der Waals surface area contributed by atoms with E-state index in [0.29, 0.717) is 12.1 Å². The molecule has 0 aromatic heterocycles. The van der Waals surface area contributed by atoms with Crippen molar-refractivity contribution in [2.24, 2.45) is 0 Å². The van der Waals surface area contributed by atoms with Gasteiger partial charge in [-0.1, -0.05) is 198 Å². The molecule has 0 radical (unpaired) electrons. The van der Waals surface area contributed by atoms with E-state index < -0.39 is 0 Å². The molecule has 0 aliphatic rings. The van der Waals surface area contributed by atoms with Crippen LogP contribution in [-0.2, 0) is 0 Å². The molecular formula is C37H74ClN. The maximum Gasteiger partial charge on any atom is 0.0180 e. The molecule has 0 amide bonds. The topological polar surface area (TPSA) is 3.24 Å². The average Bonchev–Trinajstić information content (AvgIpc) is 2.94. The third-order valence-corrected chi connectivity index (χ3v) is 9.17. The van der Waals surface area contributed by atoms with Crippen molar-refractivity contribution in [1.82, 2.24) is 4.90 Å². The fourth-order valence-corrected chi connectivity index (χ4v) is 6.28. The van der Waals surface area contributed by atoms with Crippen LogP contribution >= 0.6 is 11.6 Å². The average molecular weight is 568 g/mol. The van der Waals surface area contributed by atoms with Gasteiger partial charge in [-0.25, -0.2) is 0 Å². The molecule has 0 saturated heterocycles. The predicted molar refractivity (Wildman–Crippen MR) is 181 cm³/mol. The monoisotopic (exact) mass is 568 g/mol. The zero-order chi connectivity index (χ0) is 28.7. The fraction of sp³-hybridized carbons (Fsp3) is 0.946. The van der Waals surface area contributed by atoms with E-state index in [-0.39, 0.29) is 0 Å². The zero-order valence-corrected chi connectivity index (χ0v) is 28.4. The molecule has 0 heterocycles. The summed E-state index contributed by atoms with van der Waals surface area (Å²) < 4.78 is 0. The first-order valence-electron chi connectivity index (χ1n) is 18.2. The quantitative estimate of drug-likeness (QED) is 0.0730. The summed E-state index contributed by atoms with van der Waals surface area (Å²) >= 11 is 5.92. The lowest BCUT2D eigenvalue weighted by Crippen LogP contribution is -2.40. The molecular weight excluding hydrogens is 494 g/mol. The van der Waals surface area contributed by atoms with Gasteiger partial charge < -0.3 is 0 Å². The second-order valence-corrected chi connectivity index (χ2v) is 13.1. The van der Waals surface area contributed by atoms with Gasteiger partial charge in [-0.2, -0.15) is 0 Å². The molecule has 2 heteroatoms. The van der Waals surface area contributed by atoms with Gasteiger partial charge >= 0.3 is 0 Å². The van der Waals surface area contributed by atoms with Gasteiger partial charge in [0.1, 0.15) is 0 Å². The van der Waals surface area contributed by atoms with Gasteiger partial charge in [0, 0.05) is 24.2 Å². The SMILES string of the molecule is CCCCCCCCCCCCCCCC(C)N(C/C=C/Cl)C(C)CCCCCCCCCCCCCCC. The molecule has 0 aromatic rings. The van der Waals surface area contributed by atoms with Crippen molar-refractivity contribution in [1.29, 1.82) is 0 Å². The Morgan fingerprint density at radius 1 is 0.436 bits per heavy atom. The van der Waals surface area contributed by atoms with Crippen molar-refractivity contribution in [3.8, 4) is 0 Å². The molecule has 39 heavy (non-hydrogen) atoms. The second-order valence-electron chi connectivity index (χ2n) is 12.8. The Morgan fingerprint density at radius 3 is 0.949 bits per heavy atom. The maximum atomic E-state index is 5.92. The molecule has 2 atom stereocenters. The van der Waals surface area contributed by atoms with Crippen molar-refractivity contribution in [2.75, 3.05) is 6.54 Å². The van der Waals surface area contributed by atoms with Gasteiger partial charge in [-0.05, 0) is 26.7 Å². The van der Waals surface area contributed by atoms with Crippen molar-refractivity contribution in [3.05, 3.63) is 11.6 Å². The van der Waals surface area contributed by atoms with E-state index in [4.69, 9.17) is 11.6 Å². The predicted octanol–water partition coefficient (Wildman–Crippen LogP) is 13.8. The minimum atomic E-state index is 0.655. The van der Waals surface area contributed by atoms with Crippen molar-refractivity contribution >= 4 is 11.6 Å². The smallest absolute Gasteiger partial charge is 0.0180 e. The summed E-state index contributed by atoms with van der Waals surface area (Å²) in [4.78, 5) is 2.71. The largest absolute Gasteiger partial charge is 0.294 e. The lowest BCUT2D eigenvalue weighted by Gasteiger charge is -2.34. The molecule has 1 nitrogen and oxygen atoms in total. The van der Waals surface area contributed by atoms with Crippen LogP contribution in [0, 0.1) is 0 Å². The highest BCUT2D eigenvalue weighted by atomic mass is 35.5. The van der Waals surface area contributed by atoms with E-state index in [1.807, 2.05) is 0 Å². The van der Waals surface area contributed by atoms with E-state index in [1.54, 1.807) is 5.54 Å². The van der Waals surface area contributed by atoms with Crippen LogP contribution in [0.2, 0.25) is 0 Å². The minimum absolute atomic E-state index is 0.655. The highest BCUT2D eigenvalue weighted by Gasteiger charge is 2.18. The molecule has 234 valence electrons. The summed E-state index contributed by atoms with van der Waals surface area (Å²) in [6.45, 7) is 10.5. The molecule has 0 N–H and O–H groups in total. The van der Waals surface area contributed by atoms with Crippen LogP contribution in [0.1, 0.15) is 207 Å². The van der Waals surface area contributed by atoms with Gasteiger partial charge in [0.05, 0.1) is 0 Å². The van der Waals surface area contributed by atoms with E-state index in [2.05, 4.69) is 38.7 Å². The Labute approximate surface area is 253 Å². The lowest BCUT2D eigenvalue weighted by atomic mass is 10.0. The van der Waals surface area contributed by atoms with Crippen LogP contribution in [-0.4, -0.2) is 23.5 Å². The number of hydrogen-bond acceptors (Lipinski definition) is 1. The molecule has 0 aliphatic heterocycles. The summed E-state index contributed by atoms with van der Waals surface area (Å²) in [5.41, 5.74) is 1.71. The Kier molecular flexibility index (Phi) is 32.5. The number of rotatable bonds is 32. The zero-order valence-electron chi connectivity index (χ0n) is 27.6. The van der Waals surface area contributed by atoms with Crippen LogP contribution in [0.15, 0.2) is 11.6 Å². The third kappa shape index (κ3) is 27.9. The second kappa shape index (κ2) is 32.5. The Hall–Kier alpha value is -0.0100. The normalized spacial score (nSPS) is 13.6. The number of nitrogens with zero attached hydrogens (tertiary/aromatic N) is 1. The van der Waals surface area contributed by atoms with E-state index in [0.717, 1.165) is 6.54 Å². The van der Waals surface area contributed by atoms with Crippen LogP contribution in [0.25, 0.3) is 0 Å². The molecule has 0 bridgehead atoms. The highest BCUT2D eigenvalue weighted by Crippen LogP contribution is 2.20. The third-order valence-electron chi connectivity index (χ3n) is 8.99. The van der Waals surface area contributed by atoms with Crippen molar-refractivity contribution in [3.63, 3.8) is 0 Å². The van der Waals surface area contributed by atoms with E-state index >= 15 is 0 Å². The summed E-state index contributed by atoms with van der Waals surface area (Å²) in [6, 6.07) is 1.31. The maximum absolute atomic E-state index is 5.92. The first-order chi connectivity index (χ1) is 19.2. The molecule has 0 saturated carbocycles. The molecule has 0 aliphatic carbocycles. The lowest BCUT2D eigenvalue weighted by molar-refractivity contribution is 0.152. The van der Waals surface area contributed by atoms with E-state index in [9.17, 15) is 0 Å². The van der Waals surface area contributed by atoms with Crippen LogP contribution in [0.5, 0.6) is 0 Å². The van der Waals surface area contributed by atoms with Gasteiger partial charge in [0.15, 0.2) is 0 Å². The van der Waals surface area contributed by atoms with Crippen LogP contribution < -0.4 is 0 Å². The summed E-state index contributed by atoms with van der Waals surface area (Å²) in [5.74, 6) is 0. The molecule has 0 fully saturated rings.